The van der Waals surface area contributed by atoms with Crippen LogP contribution >= 0.6 is 0 Å². The molecule has 154 valence electrons. The van der Waals surface area contributed by atoms with E-state index in [-0.39, 0.29) is 17.6 Å². The number of hydrogen-bond acceptors (Lipinski definition) is 4. The number of phenolic OH excluding ortho intramolecular Hbond substituents is 1. The lowest BCUT2D eigenvalue weighted by Crippen LogP contribution is -2.52. The van der Waals surface area contributed by atoms with Crippen LogP contribution in [0.5, 0.6) is 5.75 Å². The molecule has 3 rings (SSSR count). The number of rotatable bonds is 5. The van der Waals surface area contributed by atoms with Crippen molar-refractivity contribution in [2.45, 2.75) is 52.2 Å². The van der Waals surface area contributed by atoms with Crippen molar-refractivity contribution in [2.24, 2.45) is 5.73 Å². The van der Waals surface area contributed by atoms with Gasteiger partial charge in [0, 0.05) is 13.1 Å². The summed E-state index contributed by atoms with van der Waals surface area (Å²) in [5.41, 5.74) is 11.3. The van der Waals surface area contributed by atoms with Gasteiger partial charge in [-0.2, -0.15) is 0 Å². The first kappa shape index (κ1) is 20.9. The highest BCUT2D eigenvalue weighted by Crippen LogP contribution is 2.22. The number of phenols is 1. The molecule has 0 fully saturated rings. The molecule has 0 saturated carbocycles. The molecule has 29 heavy (non-hydrogen) atoms. The first-order valence-corrected chi connectivity index (χ1v) is 9.97. The zero-order valence-electron chi connectivity index (χ0n) is 17.2. The number of carbonyl (C=O) groups excluding carboxylic acids is 2. The van der Waals surface area contributed by atoms with Crippen molar-refractivity contribution in [3.8, 4) is 5.75 Å². The summed E-state index contributed by atoms with van der Waals surface area (Å²) in [5, 5.41) is 12.4. The smallest absolute Gasteiger partial charge is 0.245 e. The van der Waals surface area contributed by atoms with Crippen molar-refractivity contribution in [3.05, 3.63) is 64.2 Å². The average Bonchev–Trinajstić information content (AvgIpc) is 2.69. The molecule has 0 aliphatic carbocycles. The van der Waals surface area contributed by atoms with Crippen molar-refractivity contribution < 1.29 is 14.7 Å². The molecule has 0 aromatic heterocycles. The van der Waals surface area contributed by atoms with Crippen LogP contribution in [0.1, 0.15) is 34.7 Å². The molecule has 2 aromatic carbocycles. The van der Waals surface area contributed by atoms with Crippen molar-refractivity contribution in [1.82, 2.24) is 10.2 Å². The molecule has 0 bridgehead atoms. The van der Waals surface area contributed by atoms with Crippen molar-refractivity contribution in [1.29, 1.82) is 0 Å². The van der Waals surface area contributed by atoms with E-state index in [1.165, 1.54) is 5.56 Å². The molecule has 0 radical (unpaired) electrons. The van der Waals surface area contributed by atoms with E-state index in [0.717, 1.165) is 28.7 Å². The molecule has 1 heterocycles. The lowest BCUT2D eigenvalue weighted by Gasteiger charge is -2.31. The van der Waals surface area contributed by atoms with E-state index in [9.17, 15) is 14.7 Å². The number of aryl methyl sites for hydroxylation is 2. The number of nitrogens with zero attached hydrogens (tertiary/aromatic N) is 1. The molecule has 4 N–H and O–H groups in total. The van der Waals surface area contributed by atoms with E-state index < -0.39 is 12.1 Å². The topological polar surface area (TPSA) is 95.7 Å². The number of hydrogen-bond donors (Lipinski definition) is 3. The minimum Gasteiger partial charge on any atom is -0.508 e. The third kappa shape index (κ3) is 4.77. The molecule has 2 aromatic rings. The normalized spacial score (nSPS) is 15.4. The summed E-state index contributed by atoms with van der Waals surface area (Å²) in [4.78, 5) is 27.2. The fourth-order valence-corrected chi connectivity index (χ4v) is 3.95. The van der Waals surface area contributed by atoms with Crippen LogP contribution in [0.3, 0.4) is 0 Å². The standard InChI is InChI=1S/C23H29N3O3/c1-14-10-19(27)11-15(2)20(14)12-21(24)22(28)25-16(3)23(29)26-9-8-17-6-4-5-7-18(17)13-26/h4-7,10-11,16,21,27H,8-9,12-13,24H2,1-3H3,(H,25,28)/t16-,21?/m1/s1. The Balaban J connectivity index is 1.59. The Morgan fingerprint density at radius 3 is 2.45 bits per heavy atom. The van der Waals surface area contributed by atoms with Crippen LogP contribution in [-0.4, -0.2) is 40.4 Å². The molecule has 1 unspecified atom stereocenters. The van der Waals surface area contributed by atoms with E-state index in [4.69, 9.17) is 5.73 Å². The molecular weight excluding hydrogens is 366 g/mol. The van der Waals surface area contributed by atoms with E-state index in [1.807, 2.05) is 32.0 Å². The number of carbonyl (C=O) groups is 2. The summed E-state index contributed by atoms with van der Waals surface area (Å²) in [5.74, 6) is -0.253. The minimum absolute atomic E-state index is 0.1000. The second-order valence-corrected chi connectivity index (χ2v) is 7.88. The summed E-state index contributed by atoms with van der Waals surface area (Å²) >= 11 is 0. The molecule has 1 aliphatic rings. The molecular formula is C23H29N3O3. The first-order valence-electron chi connectivity index (χ1n) is 9.97. The largest absolute Gasteiger partial charge is 0.508 e. The summed E-state index contributed by atoms with van der Waals surface area (Å²) < 4.78 is 0. The lowest BCUT2D eigenvalue weighted by molar-refractivity contribution is -0.137. The molecule has 2 amide bonds. The Labute approximate surface area is 171 Å². The van der Waals surface area contributed by atoms with Gasteiger partial charge in [-0.15, -0.1) is 0 Å². The van der Waals surface area contributed by atoms with Crippen LogP contribution < -0.4 is 11.1 Å². The molecule has 2 atom stereocenters. The number of amides is 2. The van der Waals surface area contributed by atoms with Gasteiger partial charge >= 0.3 is 0 Å². The van der Waals surface area contributed by atoms with Gasteiger partial charge in [-0.1, -0.05) is 24.3 Å². The van der Waals surface area contributed by atoms with E-state index in [2.05, 4.69) is 11.4 Å². The lowest BCUT2D eigenvalue weighted by atomic mass is 9.96. The Morgan fingerprint density at radius 2 is 1.79 bits per heavy atom. The molecule has 0 spiro atoms. The van der Waals surface area contributed by atoms with Gasteiger partial charge in [0.05, 0.1) is 6.04 Å². The van der Waals surface area contributed by atoms with Crippen LogP contribution in [-0.2, 0) is 29.0 Å². The fourth-order valence-electron chi connectivity index (χ4n) is 3.95. The van der Waals surface area contributed by atoms with Gasteiger partial charge in [0.1, 0.15) is 11.8 Å². The second kappa shape index (κ2) is 8.66. The van der Waals surface area contributed by atoms with Gasteiger partial charge in [-0.3, -0.25) is 9.59 Å². The SMILES string of the molecule is Cc1cc(O)cc(C)c1CC(N)C(=O)N[C@H](C)C(=O)N1CCc2ccccc2C1. The van der Waals surface area contributed by atoms with Crippen LogP contribution in [0.2, 0.25) is 0 Å². The maximum atomic E-state index is 12.8. The van der Waals surface area contributed by atoms with Gasteiger partial charge in [0.25, 0.3) is 0 Å². The molecule has 6 nitrogen and oxygen atoms in total. The molecule has 0 saturated heterocycles. The third-order valence-electron chi connectivity index (χ3n) is 5.61. The van der Waals surface area contributed by atoms with E-state index >= 15 is 0 Å². The molecule has 1 aliphatic heterocycles. The van der Waals surface area contributed by atoms with Crippen LogP contribution in [0, 0.1) is 13.8 Å². The number of aromatic hydroxyl groups is 1. The van der Waals surface area contributed by atoms with Crippen molar-refractivity contribution in [3.63, 3.8) is 0 Å². The fraction of sp³-hybridized carbons (Fsp3) is 0.391. The Hall–Kier alpha value is -2.86. The van der Waals surface area contributed by atoms with Gasteiger partial charge in [0.2, 0.25) is 11.8 Å². The van der Waals surface area contributed by atoms with Gasteiger partial charge in [0.15, 0.2) is 0 Å². The Bertz CT molecular complexity index is 902. The minimum atomic E-state index is -0.769. The summed E-state index contributed by atoms with van der Waals surface area (Å²) in [6, 6.07) is 10.0. The zero-order valence-corrected chi connectivity index (χ0v) is 17.2. The summed E-state index contributed by atoms with van der Waals surface area (Å²) in [6.07, 6.45) is 1.17. The van der Waals surface area contributed by atoms with Crippen molar-refractivity contribution >= 4 is 11.8 Å². The number of nitrogens with one attached hydrogen (secondary N) is 1. The quantitative estimate of drug-likeness (QED) is 0.721. The third-order valence-corrected chi connectivity index (χ3v) is 5.61. The monoisotopic (exact) mass is 395 g/mol. The van der Waals surface area contributed by atoms with E-state index in [1.54, 1.807) is 24.0 Å². The van der Waals surface area contributed by atoms with Crippen LogP contribution in [0.15, 0.2) is 36.4 Å². The van der Waals surface area contributed by atoms with Crippen LogP contribution in [0.25, 0.3) is 0 Å². The highest BCUT2D eigenvalue weighted by atomic mass is 16.3. The summed E-state index contributed by atoms with van der Waals surface area (Å²) in [7, 11) is 0. The predicted octanol–water partition coefficient (Wildman–Crippen LogP) is 1.97. The zero-order chi connectivity index (χ0) is 21.1. The van der Waals surface area contributed by atoms with Crippen LogP contribution in [0.4, 0.5) is 0 Å². The van der Waals surface area contributed by atoms with Gasteiger partial charge in [-0.25, -0.2) is 0 Å². The van der Waals surface area contributed by atoms with Gasteiger partial charge in [-0.05, 0) is 73.6 Å². The van der Waals surface area contributed by atoms with E-state index in [0.29, 0.717) is 19.5 Å². The average molecular weight is 396 g/mol. The summed E-state index contributed by atoms with van der Waals surface area (Å²) in [6.45, 7) is 6.67. The maximum Gasteiger partial charge on any atom is 0.245 e. The van der Waals surface area contributed by atoms with Crippen molar-refractivity contribution in [2.75, 3.05) is 6.54 Å². The number of nitrogens with two attached hydrogens (primary N) is 1. The second-order valence-electron chi connectivity index (χ2n) is 7.88. The Morgan fingerprint density at radius 1 is 1.17 bits per heavy atom. The Kier molecular flexibility index (Phi) is 6.23. The number of fused-ring (bicyclic) bond motifs is 1. The van der Waals surface area contributed by atoms with Gasteiger partial charge < -0.3 is 21.1 Å². The number of benzene rings is 2. The maximum absolute atomic E-state index is 12.8. The highest BCUT2D eigenvalue weighted by molar-refractivity contribution is 5.89. The first-order chi connectivity index (χ1) is 13.8. The predicted molar refractivity (Wildman–Crippen MR) is 112 cm³/mol. The molecule has 6 heteroatoms. The highest BCUT2D eigenvalue weighted by Gasteiger charge is 2.27.